The quantitative estimate of drug-likeness (QED) is 0.454. The van der Waals surface area contributed by atoms with Gasteiger partial charge in [0.25, 0.3) is 0 Å². The molecule has 0 spiro atoms. The van der Waals surface area contributed by atoms with E-state index in [1.807, 2.05) is 31.2 Å². The third kappa shape index (κ3) is 4.80. The molecule has 1 atom stereocenters. The van der Waals surface area contributed by atoms with E-state index in [1.165, 1.54) is 18.9 Å². The molecule has 1 unspecified atom stereocenters. The molecule has 0 bridgehead atoms. The number of amides is 1. The van der Waals surface area contributed by atoms with Gasteiger partial charge in [0.15, 0.2) is 0 Å². The van der Waals surface area contributed by atoms with E-state index in [0.717, 1.165) is 23.0 Å². The van der Waals surface area contributed by atoms with Gasteiger partial charge in [0.1, 0.15) is 11.5 Å². The van der Waals surface area contributed by atoms with Gasteiger partial charge in [0, 0.05) is 36.0 Å². The number of hydrogen-bond donors (Lipinski definition) is 2. The molecule has 0 fully saturated rings. The lowest BCUT2D eigenvalue weighted by atomic mass is 10.2. The van der Waals surface area contributed by atoms with E-state index in [2.05, 4.69) is 10.6 Å². The van der Waals surface area contributed by atoms with Gasteiger partial charge in [-0.2, -0.15) is 0 Å². The minimum Gasteiger partial charge on any atom is -0.497 e. The van der Waals surface area contributed by atoms with Crippen molar-refractivity contribution in [3.05, 3.63) is 58.4 Å². The number of carbonyl (C=O) groups is 1. The topological polar surface area (TPSA) is 97.4 Å². The van der Waals surface area contributed by atoms with Crippen LogP contribution in [0.1, 0.15) is 12.5 Å². The molecule has 29 heavy (non-hydrogen) atoms. The molecule has 152 valence electrons. The zero-order chi connectivity index (χ0) is 21.0. The summed E-state index contributed by atoms with van der Waals surface area (Å²) in [5, 5.41) is 5.11. The summed E-state index contributed by atoms with van der Waals surface area (Å²) >= 11 is 1.10. The van der Waals surface area contributed by atoms with Crippen LogP contribution in [-0.4, -0.2) is 30.6 Å². The fourth-order valence-corrected chi connectivity index (χ4v) is 3.46. The second-order valence-electron chi connectivity index (χ2n) is 6.31. The molecule has 2 aromatic carbocycles. The van der Waals surface area contributed by atoms with Gasteiger partial charge >= 0.3 is 10.7 Å². The summed E-state index contributed by atoms with van der Waals surface area (Å²) in [5.41, 5.74) is 1.81. The normalized spacial score (nSPS) is 11.7. The molecule has 2 N–H and O–H groups in total. The number of aromatic nitrogens is 2. The van der Waals surface area contributed by atoms with Crippen LogP contribution in [0.5, 0.6) is 11.5 Å². The van der Waals surface area contributed by atoms with Crippen molar-refractivity contribution in [3.8, 4) is 17.2 Å². The maximum atomic E-state index is 12.7. The predicted octanol–water partition coefficient (Wildman–Crippen LogP) is 2.69. The summed E-state index contributed by atoms with van der Waals surface area (Å²) in [4.78, 5) is 24.8. The molecule has 0 saturated carbocycles. The number of benzene rings is 2. The van der Waals surface area contributed by atoms with Crippen LogP contribution >= 0.6 is 11.8 Å². The number of hydrogen-bond acceptors (Lipinski definition) is 6. The zero-order valence-corrected chi connectivity index (χ0v) is 17.3. The van der Waals surface area contributed by atoms with E-state index in [-0.39, 0.29) is 10.9 Å². The molecular formula is C20H22N3O5S+. The number of aromatic amines is 1. The molecule has 0 radical (unpaired) electrons. The van der Waals surface area contributed by atoms with Crippen molar-refractivity contribution in [1.82, 2.24) is 5.27 Å². The standard InChI is InChI=1S/C20H21N3O5S/c1-12-5-7-15(8-6-12)23-19(20(25)28-22-23)29-13(2)18(24)21-14-9-16(26-3)11-17(10-14)27-4/h5-11,13H,1-4H3,(H-,21,22,24,25)/p+1. The lowest BCUT2D eigenvalue weighted by Crippen LogP contribution is -2.37. The van der Waals surface area contributed by atoms with E-state index in [9.17, 15) is 9.59 Å². The number of anilines is 1. The second-order valence-corrected chi connectivity index (χ2v) is 7.64. The third-order valence-electron chi connectivity index (χ3n) is 4.18. The molecule has 9 heteroatoms. The molecule has 3 rings (SSSR count). The van der Waals surface area contributed by atoms with Crippen LogP contribution in [0.4, 0.5) is 5.69 Å². The summed E-state index contributed by atoms with van der Waals surface area (Å²) in [7, 11) is 3.07. The Labute approximate surface area is 171 Å². The number of thioether (sulfide) groups is 1. The van der Waals surface area contributed by atoms with Crippen LogP contribution in [0.3, 0.4) is 0 Å². The summed E-state index contributed by atoms with van der Waals surface area (Å²) in [5.74, 6) is 0.841. The molecule has 8 nitrogen and oxygen atoms in total. The molecule has 1 aromatic heterocycles. The van der Waals surface area contributed by atoms with Crippen molar-refractivity contribution in [3.63, 3.8) is 0 Å². The van der Waals surface area contributed by atoms with Crippen molar-refractivity contribution < 1.29 is 23.5 Å². The Kier molecular flexibility index (Phi) is 6.28. The minimum absolute atomic E-state index is 0.277. The predicted molar refractivity (Wildman–Crippen MR) is 109 cm³/mol. The zero-order valence-electron chi connectivity index (χ0n) is 16.5. The van der Waals surface area contributed by atoms with Gasteiger partial charge < -0.3 is 14.8 Å². The number of ether oxygens (including phenoxy) is 2. The Morgan fingerprint density at radius 1 is 1.14 bits per heavy atom. The summed E-state index contributed by atoms with van der Waals surface area (Å²) in [6.45, 7) is 3.69. The Balaban J connectivity index is 1.78. The van der Waals surface area contributed by atoms with Gasteiger partial charge in [0.05, 0.1) is 19.5 Å². The van der Waals surface area contributed by atoms with Crippen LogP contribution in [0.25, 0.3) is 5.69 Å². The van der Waals surface area contributed by atoms with Crippen LogP contribution in [0.2, 0.25) is 0 Å². The fraction of sp³-hybridized carbons (Fsp3) is 0.250. The van der Waals surface area contributed by atoms with Crippen molar-refractivity contribution in [2.75, 3.05) is 19.5 Å². The van der Waals surface area contributed by atoms with Crippen LogP contribution in [-0.2, 0) is 4.79 Å². The molecule has 3 aromatic rings. The van der Waals surface area contributed by atoms with Crippen LogP contribution < -0.4 is 25.1 Å². The van der Waals surface area contributed by atoms with Crippen LogP contribution in [0, 0.1) is 6.92 Å². The van der Waals surface area contributed by atoms with E-state index in [4.69, 9.17) is 14.0 Å². The van der Waals surface area contributed by atoms with E-state index in [1.54, 1.807) is 25.1 Å². The molecule has 0 saturated heterocycles. The van der Waals surface area contributed by atoms with Gasteiger partial charge in [-0.05, 0) is 35.6 Å². The smallest absolute Gasteiger partial charge is 0.442 e. The van der Waals surface area contributed by atoms with E-state index < -0.39 is 10.9 Å². The number of rotatable bonds is 7. The number of methoxy groups -OCH3 is 2. The molecule has 0 aliphatic carbocycles. The Morgan fingerprint density at radius 2 is 1.76 bits per heavy atom. The Hall–Kier alpha value is -3.20. The summed E-state index contributed by atoms with van der Waals surface area (Å²) in [6.07, 6.45) is 0. The molecule has 1 heterocycles. The van der Waals surface area contributed by atoms with E-state index >= 15 is 0 Å². The number of nitrogens with zero attached hydrogens (tertiary/aromatic N) is 1. The fourth-order valence-electron chi connectivity index (χ4n) is 2.57. The van der Waals surface area contributed by atoms with E-state index in [0.29, 0.717) is 17.2 Å². The van der Waals surface area contributed by atoms with Gasteiger partial charge in [0.2, 0.25) is 11.6 Å². The number of H-pyrrole nitrogens is 1. The first kappa shape index (κ1) is 20.5. The molecule has 0 aliphatic heterocycles. The minimum atomic E-state index is -0.567. The SMILES string of the molecule is COc1cc(NC(=O)C(C)Sc2c(=O)o[nH][n+]2-c2ccc(C)cc2)cc(OC)c1. The number of aryl methyl sites for hydroxylation is 1. The maximum Gasteiger partial charge on any atom is 0.442 e. The third-order valence-corrected chi connectivity index (χ3v) is 5.32. The van der Waals surface area contributed by atoms with Gasteiger partial charge in [-0.1, -0.05) is 17.7 Å². The summed E-state index contributed by atoms with van der Waals surface area (Å²) < 4.78 is 16.9. The highest BCUT2D eigenvalue weighted by molar-refractivity contribution is 8.00. The Morgan fingerprint density at radius 3 is 2.34 bits per heavy atom. The average molecular weight is 416 g/mol. The van der Waals surface area contributed by atoms with Gasteiger partial charge in [-0.15, -0.1) is 0 Å². The largest absolute Gasteiger partial charge is 0.497 e. The average Bonchev–Trinajstić information content (AvgIpc) is 3.08. The monoisotopic (exact) mass is 416 g/mol. The highest BCUT2D eigenvalue weighted by atomic mass is 32.2. The lowest BCUT2D eigenvalue weighted by Gasteiger charge is -2.12. The van der Waals surface area contributed by atoms with Crippen LogP contribution in [0.15, 0.2) is 56.8 Å². The Bertz CT molecular complexity index is 1040. The van der Waals surface area contributed by atoms with Gasteiger partial charge in [-0.3, -0.25) is 9.32 Å². The highest BCUT2D eigenvalue weighted by Crippen LogP contribution is 2.27. The van der Waals surface area contributed by atoms with Crippen molar-refractivity contribution in [1.29, 1.82) is 0 Å². The summed E-state index contributed by atoms with van der Waals surface area (Å²) in [6, 6.07) is 12.7. The first-order chi connectivity index (χ1) is 13.9. The van der Waals surface area contributed by atoms with Crippen molar-refractivity contribution in [2.24, 2.45) is 0 Å². The first-order valence-corrected chi connectivity index (χ1v) is 9.70. The van der Waals surface area contributed by atoms with Gasteiger partial charge in [-0.25, -0.2) is 4.79 Å². The highest BCUT2D eigenvalue weighted by Gasteiger charge is 2.29. The first-order valence-electron chi connectivity index (χ1n) is 8.82. The second kappa shape index (κ2) is 8.87. The number of carbonyl (C=O) groups excluding carboxylic acids is 1. The number of nitrogens with one attached hydrogen (secondary N) is 2. The molecule has 0 aliphatic rings. The van der Waals surface area contributed by atoms with Crippen molar-refractivity contribution >= 4 is 23.4 Å². The van der Waals surface area contributed by atoms with Crippen molar-refractivity contribution in [2.45, 2.75) is 24.1 Å². The maximum absolute atomic E-state index is 12.7. The lowest BCUT2D eigenvalue weighted by molar-refractivity contribution is -0.704. The molecular weight excluding hydrogens is 394 g/mol. The molecule has 1 amide bonds.